The summed E-state index contributed by atoms with van der Waals surface area (Å²) in [7, 11) is 0. The van der Waals surface area contributed by atoms with Crippen LogP contribution in [0.4, 0.5) is 0 Å². The van der Waals surface area contributed by atoms with Crippen LogP contribution >= 0.6 is 15.9 Å². The molecule has 0 N–H and O–H groups in total. The molecule has 1 unspecified atom stereocenters. The van der Waals surface area contributed by atoms with Gasteiger partial charge in [0, 0.05) is 10.0 Å². The number of halogens is 1. The third kappa shape index (κ3) is 4.03. The van der Waals surface area contributed by atoms with Crippen LogP contribution in [-0.2, 0) is 9.53 Å². The molecule has 0 fully saturated rings. The summed E-state index contributed by atoms with van der Waals surface area (Å²) in [4.78, 5) is 24.2. The quantitative estimate of drug-likeness (QED) is 0.347. The Hall–Kier alpha value is -1.42. The zero-order valence-electron chi connectivity index (χ0n) is 11.1. The molecule has 1 aromatic carbocycles. The first-order valence-corrected chi connectivity index (χ1v) is 6.88. The first-order chi connectivity index (χ1) is 9.01. The lowest BCUT2D eigenvalue weighted by atomic mass is 9.92. The Morgan fingerprint density at radius 1 is 1.47 bits per heavy atom. The lowest BCUT2D eigenvalue weighted by Crippen LogP contribution is -2.26. The van der Waals surface area contributed by atoms with Crippen LogP contribution in [0.1, 0.15) is 29.3 Å². The van der Waals surface area contributed by atoms with E-state index in [1.54, 1.807) is 25.1 Å². The number of aryl methyl sites for hydroxylation is 1. The average Bonchev–Trinajstić information content (AvgIpc) is 2.35. The van der Waals surface area contributed by atoms with E-state index >= 15 is 0 Å². The number of hydrogen-bond acceptors (Lipinski definition) is 3. The third-order valence-electron chi connectivity index (χ3n) is 2.74. The van der Waals surface area contributed by atoms with E-state index in [9.17, 15) is 9.59 Å². The fourth-order valence-electron chi connectivity index (χ4n) is 1.81. The number of ether oxygens (including phenoxy) is 1. The summed E-state index contributed by atoms with van der Waals surface area (Å²) in [6.45, 7) is 7.41. The second-order valence-corrected chi connectivity index (χ2v) is 5.07. The Morgan fingerprint density at radius 3 is 2.68 bits per heavy atom. The van der Waals surface area contributed by atoms with Gasteiger partial charge in [0.1, 0.15) is 5.92 Å². The maximum atomic E-state index is 12.4. The number of carbonyl (C=O) groups is 2. The van der Waals surface area contributed by atoms with Crippen molar-refractivity contribution in [3.05, 3.63) is 46.5 Å². The smallest absolute Gasteiger partial charge is 0.317 e. The Labute approximate surface area is 121 Å². The topological polar surface area (TPSA) is 43.4 Å². The maximum absolute atomic E-state index is 12.4. The lowest BCUT2D eigenvalue weighted by molar-refractivity contribution is -0.146. The number of rotatable bonds is 6. The predicted octanol–water partition coefficient (Wildman–Crippen LogP) is 3.70. The number of hydrogen-bond donors (Lipinski definition) is 0. The highest BCUT2D eigenvalue weighted by Crippen LogP contribution is 2.21. The summed E-state index contributed by atoms with van der Waals surface area (Å²) >= 11 is 3.35. The number of carbonyl (C=O) groups excluding carboxylic acids is 2. The Kier molecular flexibility index (Phi) is 5.96. The standard InChI is InChI=1S/C15H17BrO3/c1-4-6-13(15(18)19-5-2)14(17)12-8-7-11(16)9-10(12)3/h4,7-9,13H,1,5-6H2,2-3H3. The van der Waals surface area contributed by atoms with Crippen LogP contribution < -0.4 is 0 Å². The van der Waals surface area contributed by atoms with Gasteiger partial charge in [-0.2, -0.15) is 0 Å². The van der Waals surface area contributed by atoms with Gasteiger partial charge in [-0.1, -0.05) is 22.0 Å². The summed E-state index contributed by atoms with van der Waals surface area (Å²) in [6, 6.07) is 5.36. The number of ketones is 1. The molecule has 0 bridgehead atoms. The van der Waals surface area contributed by atoms with E-state index in [2.05, 4.69) is 22.5 Å². The van der Waals surface area contributed by atoms with Gasteiger partial charge in [-0.05, 0) is 44.0 Å². The minimum absolute atomic E-state index is 0.219. The van der Waals surface area contributed by atoms with Gasteiger partial charge in [0.05, 0.1) is 6.61 Å². The summed E-state index contributed by atoms with van der Waals surface area (Å²) in [6.07, 6.45) is 1.85. The van der Waals surface area contributed by atoms with Crippen LogP contribution in [0.15, 0.2) is 35.3 Å². The SMILES string of the molecule is C=CCC(C(=O)OCC)C(=O)c1ccc(Br)cc1C. The predicted molar refractivity (Wildman–Crippen MR) is 78.1 cm³/mol. The highest BCUT2D eigenvalue weighted by molar-refractivity contribution is 9.10. The molecule has 0 saturated heterocycles. The van der Waals surface area contributed by atoms with Crippen LogP contribution in [0.5, 0.6) is 0 Å². The molecule has 4 heteroatoms. The van der Waals surface area contributed by atoms with Crippen molar-refractivity contribution in [2.45, 2.75) is 20.3 Å². The summed E-state index contributed by atoms with van der Waals surface area (Å²) in [5, 5.41) is 0. The van der Waals surface area contributed by atoms with E-state index in [-0.39, 0.29) is 18.8 Å². The molecule has 0 aliphatic carbocycles. The van der Waals surface area contributed by atoms with E-state index in [4.69, 9.17) is 4.74 Å². The van der Waals surface area contributed by atoms with Gasteiger partial charge in [-0.25, -0.2) is 0 Å². The molecule has 0 aliphatic rings. The van der Waals surface area contributed by atoms with Gasteiger partial charge in [-0.15, -0.1) is 6.58 Å². The zero-order chi connectivity index (χ0) is 14.4. The second-order valence-electron chi connectivity index (χ2n) is 4.15. The Balaban J connectivity index is 3.05. The molecule has 0 radical (unpaired) electrons. The zero-order valence-corrected chi connectivity index (χ0v) is 12.7. The molecule has 1 aromatic rings. The molecule has 0 spiro atoms. The van der Waals surface area contributed by atoms with Crippen molar-refractivity contribution in [1.29, 1.82) is 0 Å². The van der Waals surface area contributed by atoms with E-state index in [1.807, 2.05) is 13.0 Å². The molecular formula is C15H17BrO3. The van der Waals surface area contributed by atoms with Gasteiger partial charge < -0.3 is 4.74 Å². The Morgan fingerprint density at radius 2 is 2.16 bits per heavy atom. The molecule has 102 valence electrons. The largest absolute Gasteiger partial charge is 0.465 e. The van der Waals surface area contributed by atoms with Crippen LogP contribution in [-0.4, -0.2) is 18.4 Å². The van der Waals surface area contributed by atoms with Crippen molar-refractivity contribution in [3.8, 4) is 0 Å². The van der Waals surface area contributed by atoms with Gasteiger partial charge in [-0.3, -0.25) is 9.59 Å². The first kappa shape index (κ1) is 15.6. The van der Waals surface area contributed by atoms with E-state index in [0.717, 1.165) is 10.0 Å². The van der Waals surface area contributed by atoms with Gasteiger partial charge >= 0.3 is 5.97 Å². The van der Waals surface area contributed by atoms with Crippen molar-refractivity contribution < 1.29 is 14.3 Å². The molecule has 0 aliphatic heterocycles. The molecule has 3 nitrogen and oxygen atoms in total. The molecular weight excluding hydrogens is 308 g/mol. The van der Waals surface area contributed by atoms with Gasteiger partial charge in [0.25, 0.3) is 0 Å². The minimum Gasteiger partial charge on any atom is -0.465 e. The van der Waals surface area contributed by atoms with Crippen LogP contribution in [0.25, 0.3) is 0 Å². The van der Waals surface area contributed by atoms with E-state index < -0.39 is 11.9 Å². The normalized spacial score (nSPS) is 11.7. The van der Waals surface area contributed by atoms with Crippen molar-refractivity contribution in [3.63, 3.8) is 0 Å². The number of Topliss-reactive ketones (excluding diaryl/α,β-unsaturated/α-hetero) is 1. The fraction of sp³-hybridized carbons (Fsp3) is 0.333. The lowest BCUT2D eigenvalue weighted by Gasteiger charge is -2.14. The van der Waals surface area contributed by atoms with Crippen molar-refractivity contribution in [2.75, 3.05) is 6.61 Å². The van der Waals surface area contributed by atoms with Crippen molar-refractivity contribution in [1.82, 2.24) is 0 Å². The molecule has 0 aromatic heterocycles. The molecule has 0 saturated carbocycles. The summed E-state index contributed by atoms with van der Waals surface area (Å²) in [5.41, 5.74) is 1.38. The molecule has 0 amide bonds. The van der Waals surface area contributed by atoms with Crippen molar-refractivity contribution in [2.24, 2.45) is 5.92 Å². The van der Waals surface area contributed by atoms with Crippen LogP contribution in [0.3, 0.4) is 0 Å². The summed E-state index contributed by atoms with van der Waals surface area (Å²) in [5.74, 6) is -1.52. The highest BCUT2D eigenvalue weighted by Gasteiger charge is 2.28. The fourth-order valence-corrected chi connectivity index (χ4v) is 2.29. The average molecular weight is 325 g/mol. The highest BCUT2D eigenvalue weighted by atomic mass is 79.9. The van der Waals surface area contributed by atoms with Crippen molar-refractivity contribution >= 4 is 27.7 Å². The van der Waals surface area contributed by atoms with Crippen LogP contribution in [0, 0.1) is 12.8 Å². The van der Waals surface area contributed by atoms with E-state index in [1.165, 1.54) is 0 Å². The maximum Gasteiger partial charge on any atom is 0.317 e. The molecule has 0 heterocycles. The Bertz CT molecular complexity index is 494. The van der Waals surface area contributed by atoms with E-state index in [0.29, 0.717) is 5.56 Å². The van der Waals surface area contributed by atoms with Gasteiger partial charge in [0.15, 0.2) is 5.78 Å². The van der Waals surface area contributed by atoms with Crippen LogP contribution in [0.2, 0.25) is 0 Å². The van der Waals surface area contributed by atoms with Gasteiger partial charge in [0.2, 0.25) is 0 Å². The minimum atomic E-state index is -0.808. The summed E-state index contributed by atoms with van der Waals surface area (Å²) < 4.78 is 5.85. The number of allylic oxidation sites excluding steroid dienone is 1. The number of esters is 1. The molecule has 1 rings (SSSR count). The third-order valence-corrected chi connectivity index (χ3v) is 3.24. The second kappa shape index (κ2) is 7.24. The first-order valence-electron chi connectivity index (χ1n) is 6.09. The molecule has 1 atom stereocenters. The molecule has 19 heavy (non-hydrogen) atoms. The monoisotopic (exact) mass is 324 g/mol. The number of benzene rings is 1.